The van der Waals surface area contributed by atoms with Gasteiger partial charge in [0.2, 0.25) is 0 Å². The summed E-state index contributed by atoms with van der Waals surface area (Å²) in [4.78, 5) is 5.01. The lowest BCUT2D eigenvalue weighted by Gasteiger charge is -2.17. The molecule has 0 aliphatic heterocycles. The Balaban J connectivity index is 1.92. The standard InChI is InChI=1S/C16H19FN2S/c1-2-19-15(10-13-6-8-18-9-7-13)12-20-16-5-3-4-14(17)11-16/h3-9,11,15,19H,2,10,12H2,1H3. The molecule has 1 unspecified atom stereocenters. The Bertz CT molecular complexity index is 519. The van der Waals surface area contributed by atoms with Crippen molar-refractivity contribution < 1.29 is 4.39 Å². The average Bonchev–Trinajstić information content (AvgIpc) is 2.46. The molecule has 1 aromatic carbocycles. The molecule has 1 atom stereocenters. The first-order valence-electron chi connectivity index (χ1n) is 6.78. The van der Waals surface area contributed by atoms with Gasteiger partial charge in [0.05, 0.1) is 0 Å². The second kappa shape index (κ2) is 8.02. The van der Waals surface area contributed by atoms with Gasteiger partial charge in [-0.25, -0.2) is 4.39 Å². The van der Waals surface area contributed by atoms with Gasteiger partial charge in [0.15, 0.2) is 0 Å². The lowest BCUT2D eigenvalue weighted by molar-refractivity contribution is 0.572. The summed E-state index contributed by atoms with van der Waals surface area (Å²) >= 11 is 1.68. The van der Waals surface area contributed by atoms with E-state index in [0.717, 1.165) is 23.6 Å². The third kappa shape index (κ3) is 4.94. The Morgan fingerprint density at radius 1 is 1.25 bits per heavy atom. The van der Waals surface area contributed by atoms with E-state index in [4.69, 9.17) is 0 Å². The second-order valence-electron chi connectivity index (χ2n) is 4.58. The van der Waals surface area contributed by atoms with E-state index in [2.05, 4.69) is 17.2 Å². The Kier molecular flexibility index (Phi) is 6.02. The zero-order valence-corrected chi connectivity index (χ0v) is 12.4. The molecule has 0 saturated carbocycles. The van der Waals surface area contributed by atoms with Gasteiger partial charge in [-0.05, 0) is 48.9 Å². The molecule has 0 fully saturated rings. The molecule has 20 heavy (non-hydrogen) atoms. The quantitative estimate of drug-likeness (QED) is 0.790. The highest BCUT2D eigenvalue weighted by atomic mass is 32.2. The van der Waals surface area contributed by atoms with E-state index in [1.165, 1.54) is 11.6 Å². The fraction of sp³-hybridized carbons (Fsp3) is 0.312. The number of halogens is 1. The van der Waals surface area contributed by atoms with Crippen LogP contribution >= 0.6 is 11.8 Å². The van der Waals surface area contributed by atoms with Crippen LogP contribution in [0.15, 0.2) is 53.7 Å². The largest absolute Gasteiger partial charge is 0.313 e. The summed E-state index contributed by atoms with van der Waals surface area (Å²) in [7, 11) is 0. The molecule has 2 aromatic rings. The number of aromatic nitrogens is 1. The summed E-state index contributed by atoms with van der Waals surface area (Å²) in [5.74, 6) is 0.740. The molecule has 1 N–H and O–H groups in total. The molecule has 0 radical (unpaired) electrons. The topological polar surface area (TPSA) is 24.9 Å². The molecule has 1 heterocycles. The average molecular weight is 290 g/mol. The molecule has 0 amide bonds. The van der Waals surface area contributed by atoms with E-state index in [0.29, 0.717) is 6.04 Å². The molecule has 2 nitrogen and oxygen atoms in total. The van der Waals surface area contributed by atoms with E-state index in [9.17, 15) is 4.39 Å². The fourth-order valence-corrected chi connectivity index (χ4v) is 3.04. The van der Waals surface area contributed by atoms with E-state index < -0.39 is 0 Å². The third-order valence-electron chi connectivity index (χ3n) is 2.97. The number of benzene rings is 1. The number of nitrogens with one attached hydrogen (secondary N) is 1. The van der Waals surface area contributed by atoms with Crippen molar-refractivity contribution in [3.05, 3.63) is 60.2 Å². The zero-order chi connectivity index (χ0) is 14.2. The number of hydrogen-bond donors (Lipinski definition) is 1. The van der Waals surface area contributed by atoms with Crippen LogP contribution in [0.2, 0.25) is 0 Å². The summed E-state index contributed by atoms with van der Waals surface area (Å²) in [6, 6.07) is 11.2. The van der Waals surface area contributed by atoms with Gasteiger partial charge in [-0.3, -0.25) is 4.98 Å². The van der Waals surface area contributed by atoms with E-state index in [1.807, 2.05) is 30.6 Å². The summed E-state index contributed by atoms with van der Waals surface area (Å²) in [6.07, 6.45) is 4.59. The molecular weight excluding hydrogens is 271 g/mol. The molecule has 106 valence electrons. The number of rotatable bonds is 7. The maximum absolute atomic E-state index is 13.2. The molecule has 0 aliphatic rings. The summed E-state index contributed by atoms with van der Waals surface area (Å²) in [5, 5.41) is 3.48. The Hall–Kier alpha value is -1.39. The van der Waals surface area contributed by atoms with Crippen molar-refractivity contribution in [3.8, 4) is 0 Å². The number of pyridine rings is 1. The SMILES string of the molecule is CCNC(CSc1cccc(F)c1)Cc1ccncc1. The van der Waals surface area contributed by atoms with Crippen LogP contribution in [-0.4, -0.2) is 23.3 Å². The Morgan fingerprint density at radius 3 is 2.75 bits per heavy atom. The number of likely N-dealkylation sites (N-methyl/N-ethyl adjacent to an activating group) is 1. The Morgan fingerprint density at radius 2 is 2.05 bits per heavy atom. The normalized spacial score (nSPS) is 12.3. The van der Waals surface area contributed by atoms with Crippen molar-refractivity contribution in [2.24, 2.45) is 0 Å². The maximum atomic E-state index is 13.2. The molecule has 4 heteroatoms. The van der Waals surface area contributed by atoms with Gasteiger partial charge < -0.3 is 5.32 Å². The predicted octanol–water partition coefficient (Wildman–Crippen LogP) is 3.53. The number of hydrogen-bond acceptors (Lipinski definition) is 3. The van der Waals surface area contributed by atoms with Gasteiger partial charge in [-0.2, -0.15) is 0 Å². The zero-order valence-electron chi connectivity index (χ0n) is 11.6. The van der Waals surface area contributed by atoms with Crippen LogP contribution in [0.4, 0.5) is 4.39 Å². The van der Waals surface area contributed by atoms with Crippen LogP contribution in [-0.2, 0) is 6.42 Å². The van der Waals surface area contributed by atoms with Gasteiger partial charge in [-0.1, -0.05) is 13.0 Å². The highest BCUT2D eigenvalue weighted by Gasteiger charge is 2.09. The molecule has 0 saturated heterocycles. The van der Waals surface area contributed by atoms with Crippen molar-refractivity contribution in [3.63, 3.8) is 0 Å². The molecule has 1 aromatic heterocycles. The van der Waals surface area contributed by atoms with Gasteiger partial charge >= 0.3 is 0 Å². The van der Waals surface area contributed by atoms with Crippen molar-refractivity contribution in [2.45, 2.75) is 24.3 Å². The minimum Gasteiger partial charge on any atom is -0.313 e. The van der Waals surface area contributed by atoms with Crippen molar-refractivity contribution in [2.75, 3.05) is 12.3 Å². The first-order valence-corrected chi connectivity index (χ1v) is 7.77. The van der Waals surface area contributed by atoms with E-state index >= 15 is 0 Å². The van der Waals surface area contributed by atoms with Crippen LogP contribution < -0.4 is 5.32 Å². The van der Waals surface area contributed by atoms with Crippen LogP contribution in [0.3, 0.4) is 0 Å². The first-order chi connectivity index (χ1) is 9.78. The molecule has 2 rings (SSSR count). The van der Waals surface area contributed by atoms with Crippen LogP contribution in [0, 0.1) is 5.82 Å². The minimum atomic E-state index is -0.177. The number of thioether (sulfide) groups is 1. The first kappa shape index (κ1) is 15.0. The third-order valence-corrected chi connectivity index (χ3v) is 4.13. The van der Waals surface area contributed by atoms with E-state index in [-0.39, 0.29) is 5.82 Å². The molecule has 0 bridgehead atoms. The van der Waals surface area contributed by atoms with Crippen molar-refractivity contribution in [1.82, 2.24) is 10.3 Å². The van der Waals surface area contributed by atoms with Gasteiger partial charge in [0, 0.05) is 29.1 Å². The Labute approximate surface area is 123 Å². The van der Waals surface area contributed by atoms with Crippen molar-refractivity contribution in [1.29, 1.82) is 0 Å². The lowest BCUT2D eigenvalue weighted by atomic mass is 10.1. The van der Waals surface area contributed by atoms with Crippen LogP contribution in [0.1, 0.15) is 12.5 Å². The van der Waals surface area contributed by atoms with Gasteiger partial charge in [0.1, 0.15) is 5.82 Å². The molecule has 0 spiro atoms. The molecular formula is C16H19FN2S. The van der Waals surface area contributed by atoms with E-state index in [1.54, 1.807) is 23.9 Å². The van der Waals surface area contributed by atoms with Crippen LogP contribution in [0.25, 0.3) is 0 Å². The number of nitrogens with zero attached hydrogens (tertiary/aromatic N) is 1. The monoisotopic (exact) mass is 290 g/mol. The summed E-state index contributed by atoms with van der Waals surface area (Å²) in [5.41, 5.74) is 1.27. The lowest BCUT2D eigenvalue weighted by Crippen LogP contribution is -2.33. The smallest absolute Gasteiger partial charge is 0.124 e. The summed E-state index contributed by atoms with van der Waals surface area (Å²) < 4.78 is 13.2. The summed E-state index contributed by atoms with van der Waals surface area (Å²) in [6.45, 7) is 3.03. The molecule has 0 aliphatic carbocycles. The highest BCUT2D eigenvalue weighted by molar-refractivity contribution is 7.99. The predicted molar refractivity (Wildman–Crippen MR) is 82.5 cm³/mol. The minimum absolute atomic E-state index is 0.177. The van der Waals surface area contributed by atoms with Crippen LogP contribution in [0.5, 0.6) is 0 Å². The fourth-order valence-electron chi connectivity index (χ4n) is 2.04. The highest BCUT2D eigenvalue weighted by Crippen LogP contribution is 2.20. The second-order valence-corrected chi connectivity index (χ2v) is 5.68. The van der Waals surface area contributed by atoms with Crippen molar-refractivity contribution >= 4 is 11.8 Å². The van der Waals surface area contributed by atoms with Gasteiger partial charge in [-0.15, -0.1) is 11.8 Å². The maximum Gasteiger partial charge on any atom is 0.124 e. The van der Waals surface area contributed by atoms with Gasteiger partial charge in [0.25, 0.3) is 0 Å².